The Morgan fingerprint density at radius 3 is 2.13 bits per heavy atom. The van der Waals surface area contributed by atoms with E-state index in [0.717, 1.165) is 4.47 Å². The number of hydrogen-bond donors (Lipinski definition) is 2. The Morgan fingerprint density at radius 2 is 1.65 bits per heavy atom. The second-order valence-electron chi connectivity index (χ2n) is 5.33. The van der Waals surface area contributed by atoms with Crippen molar-refractivity contribution >= 4 is 33.4 Å². The average molecular weight is 398 g/mol. The lowest BCUT2D eigenvalue weighted by molar-refractivity contribution is -0.131. The summed E-state index contributed by atoms with van der Waals surface area (Å²) in [6.45, 7) is -0.0141. The number of likely N-dealkylation sites (N-methyl/N-ethyl adjacent to an activating group) is 1. The molecule has 0 aliphatic rings. The van der Waals surface area contributed by atoms with E-state index < -0.39 is 5.60 Å². The minimum atomic E-state index is -1.36. The number of rotatable bonds is 5. The fourth-order valence-electron chi connectivity index (χ4n) is 2.39. The summed E-state index contributed by atoms with van der Waals surface area (Å²) in [5.74, 6) is -0.241. The third-order valence-electron chi connectivity index (χ3n) is 3.71. The van der Waals surface area contributed by atoms with Crippen molar-refractivity contribution in [3.8, 4) is 0 Å². The molecule has 1 atom stereocenters. The highest BCUT2D eigenvalue weighted by Crippen LogP contribution is 2.32. The maximum absolute atomic E-state index is 11.8. The molecule has 0 bridgehead atoms. The van der Waals surface area contributed by atoms with E-state index in [1.165, 1.54) is 4.90 Å². The van der Waals surface area contributed by atoms with Crippen LogP contribution in [0.15, 0.2) is 53.0 Å². The molecule has 122 valence electrons. The first-order valence-corrected chi connectivity index (χ1v) is 8.22. The van der Waals surface area contributed by atoms with Gasteiger partial charge in [-0.15, -0.1) is 0 Å². The highest BCUT2D eigenvalue weighted by atomic mass is 79.9. The molecule has 0 saturated carbocycles. The monoisotopic (exact) mass is 396 g/mol. The fourth-order valence-corrected chi connectivity index (χ4v) is 2.78. The molecular weight excluding hydrogens is 380 g/mol. The minimum Gasteiger partial charge on any atom is -0.379 e. The Hall–Kier alpha value is -1.40. The molecule has 1 unspecified atom stereocenters. The topological polar surface area (TPSA) is 66.6 Å². The third kappa shape index (κ3) is 4.12. The van der Waals surface area contributed by atoms with Crippen molar-refractivity contribution in [1.29, 1.82) is 0 Å². The zero-order valence-corrected chi connectivity index (χ0v) is 15.0. The number of nitrogens with zero attached hydrogens (tertiary/aromatic N) is 1. The Labute approximate surface area is 149 Å². The lowest BCUT2D eigenvalue weighted by Crippen LogP contribution is -2.44. The van der Waals surface area contributed by atoms with Crippen molar-refractivity contribution in [1.82, 2.24) is 4.90 Å². The minimum absolute atomic E-state index is 0.0896. The van der Waals surface area contributed by atoms with Gasteiger partial charge in [-0.2, -0.15) is 0 Å². The van der Waals surface area contributed by atoms with Crippen LogP contribution in [-0.4, -0.2) is 36.1 Å². The Kier molecular flexibility index (Phi) is 5.81. The molecule has 1 amide bonds. The summed E-state index contributed by atoms with van der Waals surface area (Å²) in [5, 5.41) is 11.9. The normalized spacial score (nSPS) is 13.4. The van der Waals surface area contributed by atoms with Crippen LogP contribution in [0.3, 0.4) is 0 Å². The first-order chi connectivity index (χ1) is 10.9. The van der Waals surface area contributed by atoms with Gasteiger partial charge in [-0.05, 0) is 35.4 Å². The molecule has 4 nitrogen and oxygen atoms in total. The molecule has 0 aliphatic carbocycles. The number of benzene rings is 2. The van der Waals surface area contributed by atoms with Crippen molar-refractivity contribution in [2.24, 2.45) is 5.73 Å². The predicted molar refractivity (Wildman–Crippen MR) is 95.3 cm³/mol. The van der Waals surface area contributed by atoms with Gasteiger partial charge >= 0.3 is 0 Å². The molecule has 0 fully saturated rings. The summed E-state index contributed by atoms with van der Waals surface area (Å²) >= 11 is 9.32. The first kappa shape index (κ1) is 17.9. The molecule has 0 heterocycles. The summed E-state index contributed by atoms with van der Waals surface area (Å²) in [6.07, 6.45) is 0. The Balaban J connectivity index is 2.47. The van der Waals surface area contributed by atoms with Crippen LogP contribution in [0.1, 0.15) is 11.1 Å². The van der Waals surface area contributed by atoms with Crippen molar-refractivity contribution in [2.45, 2.75) is 5.60 Å². The molecule has 2 aromatic carbocycles. The number of carbonyl (C=O) groups excluding carboxylic acids is 1. The second-order valence-corrected chi connectivity index (χ2v) is 6.68. The van der Waals surface area contributed by atoms with Gasteiger partial charge in [-0.25, -0.2) is 0 Å². The average Bonchev–Trinajstić information content (AvgIpc) is 2.55. The molecule has 2 aromatic rings. The largest absolute Gasteiger partial charge is 0.379 e. The molecular formula is C17H18BrClN2O2. The maximum atomic E-state index is 11.8. The summed E-state index contributed by atoms with van der Waals surface area (Å²) < 4.78 is 0.908. The van der Waals surface area contributed by atoms with Crippen molar-refractivity contribution < 1.29 is 9.90 Å². The van der Waals surface area contributed by atoms with E-state index in [9.17, 15) is 9.90 Å². The lowest BCUT2D eigenvalue weighted by Gasteiger charge is -2.33. The molecule has 0 radical (unpaired) electrons. The van der Waals surface area contributed by atoms with Crippen LogP contribution in [0.5, 0.6) is 0 Å². The molecule has 6 heteroatoms. The van der Waals surface area contributed by atoms with Gasteiger partial charge in [0.1, 0.15) is 5.60 Å². The van der Waals surface area contributed by atoms with Gasteiger partial charge in [-0.3, -0.25) is 4.79 Å². The van der Waals surface area contributed by atoms with E-state index in [4.69, 9.17) is 17.3 Å². The number of halogens is 2. The van der Waals surface area contributed by atoms with Gasteiger partial charge in [0.2, 0.25) is 5.91 Å². The van der Waals surface area contributed by atoms with E-state index in [2.05, 4.69) is 15.9 Å². The highest BCUT2D eigenvalue weighted by Gasteiger charge is 2.34. The summed E-state index contributed by atoms with van der Waals surface area (Å²) in [4.78, 5) is 13.2. The van der Waals surface area contributed by atoms with E-state index in [0.29, 0.717) is 16.1 Å². The molecule has 3 N–H and O–H groups in total. The van der Waals surface area contributed by atoms with Gasteiger partial charge in [0.25, 0.3) is 0 Å². The van der Waals surface area contributed by atoms with Gasteiger partial charge in [0, 0.05) is 16.5 Å². The first-order valence-electron chi connectivity index (χ1n) is 7.05. The van der Waals surface area contributed by atoms with Crippen LogP contribution in [-0.2, 0) is 10.4 Å². The van der Waals surface area contributed by atoms with Gasteiger partial charge in [0.05, 0.1) is 13.1 Å². The lowest BCUT2D eigenvalue weighted by atomic mass is 9.86. The van der Waals surface area contributed by atoms with Crippen LogP contribution in [0, 0.1) is 0 Å². The van der Waals surface area contributed by atoms with Gasteiger partial charge in [0.15, 0.2) is 0 Å². The predicted octanol–water partition coefficient (Wildman–Crippen LogP) is 2.76. The van der Waals surface area contributed by atoms with Crippen LogP contribution in [0.4, 0.5) is 0 Å². The zero-order valence-electron chi connectivity index (χ0n) is 12.7. The van der Waals surface area contributed by atoms with Gasteiger partial charge < -0.3 is 15.7 Å². The van der Waals surface area contributed by atoms with E-state index in [1.54, 1.807) is 31.3 Å². The van der Waals surface area contributed by atoms with E-state index in [1.807, 2.05) is 24.3 Å². The van der Waals surface area contributed by atoms with Crippen LogP contribution in [0.25, 0.3) is 0 Å². The van der Waals surface area contributed by atoms with Crippen molar-refractivity contribution in [3.63, 3.8) is 0 Å². The second kappa shape index (κ2) is 7.45. The number of carbonyl (C=O) groups is 1. The number of amides is 1. The number of nitrogens with two attached hydrogens (primary N) is 1. The maximum Gasteiger partial charge on any atom is 0.236 e. The standard InChI is InChI=1S/C17H18BrClN2O2/c1-21(16(22)10-20)11-17(23,12-2-6-14(18)7-3-12)13-4-8-15(19)9-5-13/h2-9,23H,10-11,20H2,1H3. The van der Waals surface area contributed by atoms with Gasteiger partial charge in [-0.1, -0.05) is 51.8 Å². The molecule has 23 heavy (non-hydrogen) atoms. The zero-order chi connectivity index (χ0) is 17.0. The quantitative estimate of drug-likeness (QED) is 0.815. The molecule has 0 spiro atoms. The van der Waals surface area contributed by atoms with Crippen LogP contribution < -0.4 is 5.73 Å². The number of aliphatic hydroxyl groups is 1. The van der Waals surface area contributed by atoms with Crippen LogP contribution in [0.2, 0.25) is 5.02 Å². The Morgan fingerprint density at radius 1 is 1.17 bits per heavy atom. The highest BCUT2D eigenvalue weighted by molar-refractivity contribution is 9.10. The Bertz CT molecular complexity index is 628. The van der Waals surface area contributed by atoms with Crippen LogP contribution >= 0.6 is 27.5 Å². The molecule has 0 saturated heterocycles. The van der Waals surface area contributed by atoms with Crippen molar-refractivity contribution in [3.05, 3.63) is 69.2 Å². The fraction of sp³-hybridized carbons (Fsp3) is 0.235. The SMILES string of the molecule is CN(CC(O)(c1ccc(Cl)cc1)c1ccc(Br)cc1)C(=O)CN. The number of hydrogen-bond acceptors (Lipinski definition) is 3. The summed E-state index contributed by atoms with van der Waals surface area (Å²) in [7, 11) is 1.62. The molecule has 0 aromatic heterocycles. The smallest absolute Gasteiger partial charge is 0.236 e. The molecule has 2 rings (SSSR count). The summed E-state index contributed by atoms with van der Waals surface area (Å²) in [6, 6.07) is 14.3. The van der Waals surface area contributed by atoms with E-state index in [-0.39, 0.29) is 19.0 Å². The molecule has 0 aliphatic heterocycles. The van der Waals surface area contributed by atoms with Crippen molar-refractivity contribution in [2.75, 3.05) is 20.1 Å². The third-order valence-corrected chi connectivity index (χ3v) is 4.49. The van der Waals surface area contributed by atoms with E-state index >= 15 is 0 Å². The summed E-state index contributed by atoms with van der Waals surface area (Å²) in [5.41, 5.74) is 5.39.